The Morgan fingerprint density at radius 2 is 2.00 bits per heavy atom. The Kier molecular flexibility index (Phi) is 4.13. The zero-order chi connectivity index (χ0) is 14.8. The van der Waals surface area contributed by atoms with Gasteiger partial charge in [0.1, 0.15) is 11.6 Å². The molecule has 2 aromatic rings. The van der Waals surface area contributed by atoms with Crippen LogP contribution in [0, 0.1) is 11.6 Å². The molecule has 0 radical (unpaired) electrons. The lowest BCUT2D eigenvalue weighted by Gasteiger charge is -2.18. The Labute approximate surface area is 116 Å². The molecule has 0 aliphatic heterocycles. The Morgan fingerprint density at radius 3 is 2.65 bits per heavy atom. The van der Waals surface area contributed by atoms with Gasteiger partial charge in [-0.1, -0.05) is 11.2 Å². The second kappa shape index (κ2) is 5.66. The molecular formula is C14H17F2N3O. The lowest BCUT2D eigenvalue weighted by Crippen LogP contribution is -2.35. The summed E-state index contributed by atoms with van der Waals surface area (Å²) in [5.74, 6) is -0.391. The van der Waals surface area contributed by atoms with Crippen LogP contribution in [0.5, 0.6) is 0 Å². The molecule has 108 valence electrons. The molecule has 1 aromatic heterocycles. The molecule has 1 N–H and O–H groups in total. The largest absolute Gasteiger partial charge is 0.338 e. The number of benzene rings is 1. The molecule has 20 heavy (non-hydrogen) atoms. The third-order valence-corrected chi connectivity index (χ3v) is 2.64. The molecule has 1 heterocycles. The van der Waals surface area contributed by atoms with Crippen LogP contribution in [-0.4, -0.2) is 15.7 Å². The molecular weight excluding hydrogens is 264 g/mol. The Bertz CT molecular complexity index is 590. The van der Waals surface area contributed by atoms with Crippen LogP contribution in [-0.2, 0) is 13.0 Å². The highest BCUT2D eigenvalue weighted by Crippen LogP contribution is 2.13. The number of hydrogen-bond acceptors (Lipinski definition) is 4. The van der Waals surface area contributed by atoms with E-state index in [4.69, 9.17) is 4.52 Å². The van der Waals surface area contributed by atoms with E-state index >= 15 is 0 Å². The fraction of sp³-hybridized carbons (Fsp3) is 0.429. The molecule has 4 nitrogen and oxygen atoms in total. The molecule has 0 fully saturated rings. The fourth-order valence-corrected chi connectivity index (χ4v) is 1.61. The first-order valence-corrected chi connectivity index (χ1v) is 6.34. The molecule has 0 unspecified atom stereocenters. The van der Waals surface area contributed by atoms with Gasteiger partial charge in [-0.05, 0) is 32.4 Å². The summed E-state index contributed by atoms with van der Waals surface area (Å²) in [6, 6.07) is 3.44. The predicted octanol–water partition coefficient (Wildman–Crippen LogP) is 2.83. The smallest absolute Gasteiger partial charge is 0.240 e. The minimum Gasteiger partial charge on any atom is -0.338 e. The molecule has 0 aliphatic carbocycles. The quantitative estimate of drug-likeness (QED) is 0.936. The van der Waals surface area contributed by atoms with Gasteiger partial charge in [-0.15, -0.1) is 0 Å². The second-order valence-corrected chi connectivity index (χ2v) is 5.62. The summed E-state index contributed by atoms with van der Waals surface area (Å²) in [5.41, 5.74) is 0.278. The van der Waals surface area contributed by atoms with Gasteiger partial charge in [0.05, 0.1) is 6.54 Å². The van der Waals surface area contributed by atoms with Crippen molar-refractivity contribution in [3.63, 3.8) is 0 Å². The van der Waals surface area contributed by atoms with Crippen molar-refractivity contribution >= 4 is 0 Å². The van der Waals surface area contributed by atoms with Crippen molar-refractivity contribution in [1.82, 2.24) is 15.5 Å². The molecule has 0 saturated heterocycles. The first-order valence-electron chi connectivity index (χ1n) is 6.34. The normalized spacial score (nSPS) is 11.8. The molecule has 0 amide bonds. The van der Waals surface area contributed by atoms with Crippen LogP contribution in [0.1, 0.15) is 38.0 Å². The highest BCUT2D eigenvalue weighted by Gasteiger charge is 2.13. The van der Waals surface area contributed by atoms with Crippen LogP contribution in [0.3, 0.4) is 0 Å². The summed E-state index contributed by atoms with van der Waals surface area (Å²) in [5, 5.41) is 7.00. The van der Waals surface area contributed by atoms with Crippen LogP contribution in [0.25, 0.3) is 0 Å². The van der Waals surface area contributed by atoms with Crippen molar-refractivity contribution < 1.29 is 13.3 Å². The number of aromatic nitrogens is 2. The molecule has 0 aliphatic rings. The van der Waals surface area contributed by atoms with E-state index in [9.17, 15) is 8.78 Å². The topological polar surface area (TPSA) is 51.0 Å². The van der Waals surface area contributed by atoms with Crippen molar-refractivity contribution in [2.45, 2.75) is 39.3 Å². The van der Waals surface area contributed by atoms with Crippen LogP contribution < -0.4 is 5.32 Å². The summed E-state index contributed by atoms with van der Waals surface area (Å²) >= 11 is 0. The molecule has 6 heteroatoms. The summed E-state index contributed by atoms with van der Waals surface area (Å²) < 4.78 is 31.4. The summed E-state index contributed by atoms with van der Waals surface area (Å²) in [4.78, 5) is 4.17. The molecule has 1 aromatic carbocycles. The summed E-state index contributed by atoms with van der Waals surface area (Å²) in [7, 11) is 0. The van der Waals surface area contributed by atoms with E-state index < -0.39 is 11.6 Å². The monoisotopic (exact) mass is 281 g/mol. The first kappa shape index (κ1) is 14.6. The van der Waals surface area contributed by atoms with E-state index in [1.165, 1.54) is 12.1 Å². The van der Waals surface area contributed by atoms with Gasteiger partial charge >= 0.3 is 0 Å². The van der Waals surface area contributed by atoms with Crippen molar-refractivity contribution in [2.75, 3.05) is 0 Å². The third kappa shape index (κ3) is 4.09. The Morgan fingerprint density at radius 1 is 1.25 bits per heavy atom. The number of hydrogen-bond donors (Lipinski definition) is 1. The number of nitrogens with zero attached hydrogens (tertiary/aromatic N) is 2. The zero-order valence-electron chi connectivity index (χ0n) is 11.7. The van der Waals surface area contributed by atoms with E-state index in [-0.39, 0.29) is 12.0 Å². The number of halogens is 2. The average Bonchev–Trinajstić information content (AvgIpc) is 2.77. The second-order valence-electron chi connectivity index (χ2n) is 5.62. The average molecular weight is 281 g/mol. The molecule has 0 spiro atoms. The van der Waals surface area contributed by atoms with Gasteiger partial charge in [0, 0.05) is 18.0 Å². The van der Waals surface area contributed by atoms with Crippen LogP contribution in [0.2, 0.25) is 0 Å². The maximum atomic E-state index is 13.5. The van der Waals surface area contributed by atoms with Crippen molar-refractivity contribution in [3.8, 4) is 0 Å². The SMILES string of the molecule is CC(C)(C)NCc1nc(Cc2ccc(F)cc2F)no1. The van der Waals surface area contributed by atoms with E-state index in [0.29, 0.717) is 23.8 Å². The van der Waals surface area contributed by atoms with Gasteiger partial charge in [0.25, 0.3) is 0 Å². The maximum Gasteiger partial charge on any atom is 0.240 e. The van der Waals surface area contributed by atoms with Gasteiger partial charge in [0.15, 0.2) is 5.82 Å². The lowest BCUT2D eigenvalue weighted by molar-refractivity contribution is 0.334. The molecule has 0 bridgehead atoms. The third-order valence-electron chi connectivity index (χ3n) is 2.64. The zero-order valence-corrected chi connectivity index (χ0v) is 11.7. The highest BCUT2D eigenvalue weighted by molar-refractivity contribution is 5.21. The van der Waals surface area contributed by atoms with Gasteiger partial charge in [-0.3, -0.25) is 0 Å². The van der Waals surface area contributed by atoms with Gasteiger partial charge in [-0.25, -0.2) is 8.78 Å². The fourth-order valence-electron chi connectivity index (χ4n) is 1.61. The van der Waals surface area contributed by atoms with Crippen LogP contribution >= 0.6 is 0 Å². The van der Waals surface area contributed by atoms with Crippen LogP contribution in [0.15, 0.2) is 22.7 Å². The van der Waals surface area contributed by atoms with E-state index in [1.807, 2.05) is 20.8 Å². The molecule has 0 saturated carbocycles. The summed E-state index contributed by atoms with van der Waals surface area (Å²) in [6.07, 6.45) is 0.172. The number of nitrogens with one attached hydrogen (secondary N) is 1. The molecule has 0 atom stereocenters. The van der Waals surface area contributed by atoms with Gasteiger partial charge in [-0.2, -0.15) is 4.98 Å². The highest BCUT2D eigenvalue weighted by atomic mass is 19.1. The standard InChI is InChI=1S/C14H17F2N3O/c1-14(2,3)17-8-13-18-12(19-20-13)6-9-4-5-10(15)7-11(9)16/h4-5,7,17H,6,8H2,1-3H3. The lowest BCUT2D eigenvalue weighted by atomic mass is 10.1. The van der Waals surface area contributed by atoms with Crippen molar-refractivity contribution in [1.29, 1.82) is 0 Å². The Balaban J connectivity index is 2.02. The van der Waals surface area contributed by atoms with Crippen molar-refractivity contribution in [2.24, 2.45) is 0 Å². The Hall–Kier alpha value is -1.82. The molecule has 2 rings (SSSR count). The maximum absolute atomic E-state index is 13.5. The minimum absolute atomic E-state index is 0.0578. The minimum atomic E-state index is -0.607. The number of rotatable bonds is 4. The summed E-state index contributed by atoms with van der Waals surface area (Å²) in [6.45, 7) is 6.52. The van der Waals surface area contributed by atoms with Gasteiger partial charge in [0.2, 0.25) is 5.89 Å². The van der Waals surface area contributed by atoms with E-state index in [2.05, 4.69) is 15.5 Å². The van der Waals surface area contributed by atoms with Crippen molar-refractivity contribution in [3.05, 3.63) is 47.1 Å². The van der Waals surface area contributed by atoms with Gasteiger partial charge < -0.3 is 9.84 Å². The van der Waals surface area contributed by atoms with E-state index in [0.717, 1.165) is 6.07 Å². The predicted molar refractivity (Wildman–Crippen MR) is 70.1 cm³/mol. The van der Waals surface area contributed by atoms with E-state index in [1.54, 1.807) is 0 Å². The van der Waals surface area contributed by atoms with Crippen LogP contribution in [0.4, 0.5) is 8.78 Å². The first-order chi connectivity index (χ1) is 9.33.